The Labute approximate surface area is 98.0 Å². The Morgan fingerprint density at radius 3 is 2.81 bits per heavy atom. The number of rotatable bonds is 7. The zero-order valence-corrected chi connectivity index (χ0v) is 10.8. The van der Waals surface area contributed by atoms with Crippen LogP contribution < -0.4 is 5.32 Å². The molecule has 1 aromatic rings. The first-order chi connectivity index (χ1) is 7.59. The van der Waals surface area contributed by atoms with Crippen LogP contribution in [0.1, 0.15) is 31.7 Å². The molecule has 0 aliphatic carbocycles. The van der Waals surface area contributed by atoms with Gasteiger partial charge in [-0.25, -0.2) is 0 Å². The summed E-state index contributed by atoms with van der Waals surface area (Å²) in [6, 6.07) is 2.11. The van der Waals surface area contributed by atoms with Crippen LogP contribution in [-0.4, -0.2) is 29.0 Å². The Balaban J connectivity index is 2.09. The van der Waals surface area contributed by atoms with Crippen molar-refractivity contribution in [1.29, 1.82) is 0 Å². The first-order valence-corrected chi connectivity index (χ1v) is 5.91. The predicted octanol–water partition coefficient (Wildman–Crippen LogP) is 1.63. The normalized spacial score (nSPS) is 11.3. The summed E-state index contributed by atoms with van der Waals surface area (Å²) < 4.78 is 7.39. The van der Waals surface area contributed by atoms with Gasteiger partial charge in [-0.15, -0.1) is 0 Å². The van der Waals surface area contributed by atoms with Gasteiger partial charge in [-0.2, -0.15) is 5.10 Å². The molecule has 0 aromatic carbocycles. The SMILES string of the molecule is Cc1cc(CNCCCOC(C)C)n(C)n1. The first kappa shape index (κ1) is 13.2. The van der Waals surface area contributed by atoms with E-state index in [0.29, 0.717) is 6.10 Å². The van der Waals surface area contributed by atoms with Crippen LogP contribution in [0.4, 0.5) is 0 Å². The molecular weight excluding hydrogens is 202 g/mol. The molecule has 4 heteroatoms. The highest BCUT2D eigenvalue weighted by atomic mass is 16.5. The van der Waals surface area contributed by atoms with Crippen molar-refractivity contribution >= 4 is 0 Å². The van der Waals surface area contributed by atoms with Gasteiger partial charge in [0.25, 0.3) is 0 Å². The summed E-state index contributed by atoms with van der Waals surface area (Å²) in [6.45, 7) is 8.82. The van der Waals surface area contributed by atoms with Crippen molar-refractivity contribution in [2.45, 2.75) is 39.8 Å². The van der Waals surface area contributed by atoms with Crippen molar-refractivity contribution < 1.29 is 4.74 Å². The second kappa shape index (κ2) is 6.66. The van der Waals surface area contributed by atoms with Crippen LogP contribution in [0.2, 0.25) is 0 Å². The number of aryl methyl sites for hydroxylation is 2. The van der Waals surface area contributed by atoms with Gasteiger partial charge >= 0.3 is 0 Å². The highest BCUT2D eigenvalue weighted by Crippen LogP contribution is 2.00. The minimum Gasteiger partial charge on any atom is -0.379 e. The lowest BCUT2D eigenvalue weighted by molar-refractivity contribution is 0.0770. The molecule has 0 atom stereocenters. The molecule has 1 rings (SSSR count). The van der Waals surface area contributed by atoms with Gasteiger partial charge in [0.2, 0.25) is 0 Å². The molecule has 1 aromatic heterocycles. The minimum atomic E-state index is 0.333. The second-order valence-corrected chi connectivity index (χ2v) is 4.35. The Morgan fingerprint density at radius 2 is 2.25 bits per heavy atom. The van der Waals surface area contributed by atoms with E-state index in [9.17, 15) is 0 Å². The Kier molecular flexibility index (Phi) is 5.49. The van der Waals surface area contributed by atoms with Gasteiger partial charge < -0.3 is 10.1 Å². The molecule has 4 nitrogen and oxygen atoms in total. The monoisotopic (exact) mass is 225 g/mol. The number of hydrogen-bond donors (Lipinski definition) is 1. The molecule has 0 fully saturated rings. The summed E-state index contributed by atoms with van der Waals surface area (Å²) in [4.78, 5) is 0. The third-order valence-corrected chi connectivity index (χ3v) is 2.35. The standard InChI is InChI=1S/C12H23N3O/c1-10(2)16-7-5-6-13-9-12-8-11(3)14-15(12)4/h8,10,13H,5-7,9H2,1-4H3. The van der Waals surface area contributed by atoms with Crippen LogP contribution in [0.15, 0.2) is 6.07 Å². The number of nitrogens with one attached hydrogen (secondary N) is 1. The lowest BCUT2D eigenvalue weighted by atomic mass is 10.3. The highest BCUT2D eigenvalue weighted by Gasteiger charge is 2.00. The van der Waals surface area contributed by atoms with Crippen molar-refractivity contribution in [3.05, 3.63) is 17.5 Å². The molecule has 0 aliphatic heterocycles. The van der Waals surface area contributed by atoms with Gasteiger partial charge in [-0.3, -0.25) is 4.68 Å². The van der Waals surface area contributed by atoms with E-state index in [4.69, 9.17) is 4.74 Å². The first-order valence-electron chi connectivity index (χ1n) is 5.91. The lowest BCUT2D eigenvalue weighted by Gasteiger charge is -2.08. The van der Waals surface area contributed by atoms with E-state index in [0.717, 1.165) is 31.8 Å². The van der Waals surface area contributed by atoms with Crippen molar-refractivity contribution in [3.8, 4) is 0 Å². The van der Waals surface area contributed by atoms with E-state index in [1.165, 1.54) is 5.69 Å². The van der Waals surface area contributed by atoms with Crippen molar-refractivity contribution in [3.63, 3.8) is 0 Å². The molecule has 0 unspecified atom stereocenters. The minimum absolute atomic E-state index is 0.333. The van der Waals surface area contributed by atoms with Gasteiger partial charge in [0.1, 0.15) is 0 Å². The molecule has 0 spiro atoms. The van der Waals surface area contributed by atoms with E-state index < -0.39 is 0 Å². The zero-order valence-electron chi connectivity index (χ0n) is 10.8. The smallest absolute Gasteiger partial charge is 0.0597 e. The van der Waals surface area contributed by atoms with Crippen molar-refractivity contribution in [1.82, 2.24) is 15.1 Å². The lowest BCUT2D eigenvalue weighted by Crippen LogP contribution is -2.18. The van der Waals surface area contributed by atoms with Gasteiger partial charge in [-0.05, 0) is 39.8 Å². The number of hydrogen-bond acceptors (Lipinski definition) is 3. The molecule has 0 aliphatic rings. The van der Waals surface area contributed by atoms with Crippen molar-refractivity contribution in [2.24, 2.45) is 7.05 Å². The molecular formula is C12H23N3O. The van der Waals surface area contributed by atoms with Crippen LogP contribution in [0.3, 0.4) is 0 Å². The Bertz CT molecular complexity index is 307. The maximum Gasteiger partial charge on any atom is 0.0597 e. The van der Waals surface area contributed by atoms with Crippen LogP contribution in [0.5, 0.6) is 0 Å². The summed E-state index contributed by atoms with van der Waals surface area (Å²) in [7, 11) is 1.98. The third kappa shape index (κ3) is 4.77. The quantitative estimate of drug-likeness (QED) is 0.717. The highest BCUT2D eigenvalue weighted by molar-refractivity contribution is 5.08. The molecule has 0 bridgehead atoms. The maximum absolute atomic E-state index is 5.46. The average molecular weight is 225 g/mol. The average Bonchev–Trinajstić information content (AvgIpc) is 2.50. The fourth-order valence-electron chi connectivity index (χ4n) is 1.56. The predicted molar refractivity (Wildman–Crippen MR) is 65.4 cm³/mol. The van der Waals surface area contributed by atoms with Gasteiger partial charge in [-0.1, -0.05) is 0 Å². The van der Waals surface area contributed by atoms with E-state index >= 15 is 0 Å². The summed E-state index contributed by atoms with van der Waals surface area (Å²) >= 11 is 0. The third-order valence-electron chi connectivity index (χ3n) is 2.35. The number of ether oxygens (including phenoxy) is 1. The molecule has 1 heterocycles. The summed E-state index contributed by atoms with van der Waals surface area (Å²) in [5, 5.41) is 7.69. The molecule has 92 valence electrons. The largest absolute Gasteiger partial charge is 0.379 e. The number of nitrogens with zero attached hydrogens (tertiary/aromatic N) is 2. The molecule has 1 N–H and O–H groups in total. The Morgan fingerprint density at radius 1 is 1.50 bits per heavy atom. The van der Waals surface area contributed by atoms with Gasteiger partial charge in [0, 0.05) is 20.2 Å². The van der Waals surface area contributed by atoms with Crippen molar-refractivity contribution in [2.75, 3.05) is 13.2 Å². The summed E-state index contributed by atoms with van der Waals surface area (Å²) in [5.41, 5.74) is 2.30. The van der Waals surface area contributed by atoms with Crippen LogP contribution in [-0.2, 0) is 18.3 Å². The van der Waals surface area contributed by atoms with E-state index in [1.54, 1.807) is 0 Å². The van der Waals surface area contributed by atoms with Gasteiger partial charge in [0.15, 0.2) is 0 Å². The fourth-order valence-corrected chi connectivity index (χ4v) is 1.56. The molecule has 0 amide bonds. The van der Waals surface area contributed by atoms with E-state index in [1.807, 2.05) is 18.7 Å². The van der Waals surface area contributed by atoms with Crippen LogP contribution in [0, 0.1) is 6.92 Å². The molecule has 16 heavy (non-hydrogen) atoms. The van der Waals surface area contributed by atoms with Crippen LogP contribution in [0.25, 0.3) is 0 Å². The molecule has 0 saturated heterocycles. The topological polar surface area (TPSA) is 39.1 Å². The Hall–Kier alpha value is -0.870. The number of aromatic nitrogens is 2. The zero-order chi connectivity index (χ0) is 12.0. The molecule has 0 radical (unpaired) electrons. The van der Waals surface area contributed by atoms with Gasteiger partial charge in [0.05, 0.1) is 17.5 Å². The fraction of sp³-hybridized carbons (Fsp3) is 0.750. The summed E-state index contributed by atoms with van der Waals surface area (Å²) in [6.07, 6.45) is 1.38. The second-order valence-electron chi connectivity index (χ2n) is 4.35. The van der Waals surface area contributed by atoms with E-state index in [2.05, 4.69) is 30.3 Å². The van der Waals surface area contributed by atoms with Crippen LogP contribution >= 0.6 is 0 Å². The molecule has 0 saturated carbocycles. The summed E-state index contributed by atoms with van der Waals surface area (Å²) in [5.74, 6) is 0. The maximum atomic E-state index is 5.46. The van der Waals surface area contributed by atoms with E-state index in [-0.39, 0.29) is 0 Å².